The van der Waals surface area contributed by atoms with E-state index in [9.17, 15) is 16.8 Å². The second-order valence-electron chi connectivity index (χ2n) is 6.29. The van der Waals surface area contributed by atoms with Crippen LogP contribution in [0.1, 0.15) is 34.1 Å². The van der Waals surface area contributed by atoms with Gasteiger partial charge in [0.15, 0.2) is 9.84 Å². The summed E-state index contributed by atoms with van der Waals surface area (Å²) < 4.78 is 51.6. The molecule has 1 saturated heterocycles. The van der Waals surface area contributed by atoms with E-state index >= 15 is 0 Å². The number of nitrogens with one attached hydrogen (secondary N) is 1. The molecule has 1 aliphatic heterocycles. The SMILES string of the molecule is CC(C)NS(=O)(=O)N1CCN(CCCS(=O)(=O)C(C)C)CC1. The highest BCUT2D eigenvalue weighted by Gasteiger charge is 2.27. The third kappa shape index (κ3) is 6.11. The van der Waals surface area contributed by atoms with E-state index in [4.69, 9.17) is 0 Å². The molecule has 0 atom stereocenters. The van der Waals surface area contributed by atoms with Gasteiger partial charge in [-0.1, -0.05) is 0 Å². The van der Waals surface area contributed by atoms with Gasteiger partial charge in [0.2, 0.25) is 0 Å². The molecule has 0 radical (unpaired) electrons. The minimum absolute atomic E-state index is 0.121. The molecule has 0 aromatic carbocycles. The van der Waals surface area contributed by atoms with Crippen molar-refractivity contribution >= 4 is 20.0 Å². The van der Waals surface area contributed by atoms with E-state index in [1.807, 2.05) is 0 Å². The zero-order valence-corrected chi connectivity index (χ0v) is 15.6. The van der Waals surface area contributed by atoms with Crippen molar-refractivity contribution in [2.75, 3.05) is 38.5 Å². The summed E-state index contributed by atoms with van der Waals surface area (Å²) in [7, 11) is -6.39. The first kappa shape index (κ1) is 19.8. The Bertz CT molecular complexity index is 536. The van der Waals surface area contributed by atoms with Crippen molar-refractivity contribution < 1.29 is 16.8 Å². The molecule has 0 unspecified atom stereocenters. The molecular weight excluding hydrogens is 326 g/mol. The third-order valence-electron chi connectivity index (χ3n) is 3.68. The zero-order chi connectivity index (χ0) is 17.0. The highest BCUT2D eigenvalue weighted by Crippen LogP contribution is 2.09. The van der Waals surface area contributed by atoms with Crippen LogP contribution in [0, 0.1) is 0 Å². The Morgan fingerprint density at radius 1 is 0.955 bits per heavy atom. The second kappa shape index (κ2) is 8.05. The number of nitrogens with zero attached hydrogens (tertiary/aromatic N) is 2. The van der Waals surface area contributed by atoms with Crippen molar-refractivity contribution in [3.8, 4) is 0 Å². The molecule has 1 heterocycles. The fraction of sp³-hybridized carbons (Fsp3) is 1.00. The molecule has 1 aliphatic rings. The molecule has 132 valence electrons. The molecule has 0 bridgehead atoms. The molecule has 1 N–H and O–H groups in total. The van der Waals surface area contributed by atoms with E-state index in [-0.39, 0.29) is 17.0 Å². The molecule has 0 aromatic rings. The minimum Gasteiger partial charge on any atom is -0.301 e. The van der Waals surface area contributed by atoms with Gasteiger partial charge in [0.05, 0.1) is 11.0 Å². The topological polar surface area (TPSA) is 86.8 Å². The maximum Gasteiger partial charge on any atom is 0.279 e. The summed E-state index contributed by atoms with van der Waals surface area (Å²) in [5.74, 6) is 0.193. The van der Waals surface area contributed by atoms with E-state index < -0.39 is 20.0 Å². The van der Waals surface area contributed by atoms with Crippen molar-refractivity contribution in [1.29, 1.82) is 0 Å². The number of sulfone groups is 1. The van der Waals surface area contributed by atoms with Crippen LogP contribution >= 0.6 is 0 Å². The molecule has 1 rings (SSSR count). The van der Waals surface area contributed by atoms with E-state index in [0.717, 1.165) is 0 Å². The van der Waals surface area contributed by atoms with Gasteiger partial charge in [0.25, 0.3) is 10.2 Å². The van der Waals surface area contributed by atoms with Gasteiger partial charge in [-0.2, -0.15) is 17.4 Å². The quantitative estimate of drug-likeness (QED) is 0.665. The summed E-state index contributed by atoms with van der Waals surface area (Å²) in [5, 5.41) is -0.336. The molecule has 9 heteroatoms. The number of rotatable bonds is 8. The fourth-order valence-electron chi connectivity index (χ4n) is 2.29. The molecule has 0 saturated carbocycles. The summed E-state index contributed by atoms with van der Waals surface area (Å²) in [6, 6.07) is -0.121. The van der Waals surface area contributed by atoms with Gasteiger partial charge in [-0.3, -0.25) is 0 Å². The summed E-state index contributed by atoms with van der Waals surface area (Å²) in [4.78, 5) is 2.12. The zero-order valence-electron chi connectivity index (χ0n) is 13.9. The molecule has 1 fully saturated rings. The lowest BCUT2D eigenvalue weighted by Crippen LogP contribution is -2.53. The first-order valence-electron chi connectivity index (χ1n) is 7.76. The first-order valence-corrected chi connectivity index (χ1v) is 10.9. The lowest BCUT2D eigenvalue weighted by Gasteiger charge is -2.34. The molecule has 0 aromatic heterocycles. The standard InChI is InChI=1S/C13H29N3O4S2/c1-12(2)14-22(19,20)16-9-7-15(8-10-16)6-5-11-21(17,18)13(3)4/h12-14H,5-11H2,1-4H3. The molecule has 7 nitrogen and oxygen atoms in total. The Kier molecular flexibility index (Phi) is 7.25. The van der Waals surface area contributed by atoms with E-state index in [1.54, 1.807) is 27.7 Å². The average molecular weight is 356 g/mol. The van der Waals surface area contributed by atoms with Crippen molar-refractivity contribution in [2.24, 2.45) is 0 Å². The average Bonchev–Trinajstić information content (AvgIpc) is 2.37. The van der Waals surface area contributed by atoms with Gasteiger partial charge < -0.3 is 4.90 Å². The second-order valence-corrected chi connectivity index (χ2v) is 10.7. The number of hydrogen-bond acceptors (Lipinski definition) is 5. The Morgan fingerprint density at radius 3 is 1.95 bits per heavy atom. The lowest BCUT2D eigenvalue weighted by atomic mass is 10.3. The summed E-state index contributed by atoms with van der Waals surface area (Å²) in [6.45, 7) is 9.84. The van der Waals surface area contributed by atoms with Crippen LogP contribution in [0.3, 0.4) is 0 Å². The van der Waals surface area contributed by atoms with Crippen LogP contribution in [-0.2, 0) is 20.0 Å². The van der Waals surface area contributed by atoms with Crippen LogP contribution in [0.5, 0.6) is 0 Å². The minimum atomic E-state index is -3.40. The summed E-state index contributed by atoms with van der Waals surface area (Å²) in [5.41, 5.74) is 0. The fourth-order valence-corrected chi connectivity index (χ4v) is 4.68. The van der Waals surface area contributed by atoms with Gasteiger partial charge in [-0.25, -0.2) is 8.42 Å². The van der Waals surface area contributed by atoms with Gasteiger partial charge in [-0.05, 0) is 40.7 Å². The van der Waals surface area contributed by atoms with Crippen molar-refractivity contribution in [3.63, 3.8) is 0 Å². The number of hydrogen-bond donors (Lipinski definition) is 1. The highest BCUT2D eigenvalue weighted by molar-refractivity contribution is 7.91. The van der Waals surface area contributed by atoms with Crippen LogP contribution in [0.25, 0.3) is 0 Å². The molecular formula is C13H29N3O4S2. The largest absolute Gasteiger partial charge is 0.301 e. The van der Waals surface area contributed by atoms with Crippen molar-refractivity contribution in [1.82, 2.24) is 13.9 Å². The van der Waals surface area contributed by atoms with Crippen LogP contribution < -0.4 is 4.72 Å². The monoisotopic (exact) mass is 355 g/mol. The summed E-state index contributed by atoms with van der Waals surface area (Å²) in [6.07, 6.45) is 0.595. The van der Waals surface area contributed by atoms with E-state index in [1.165, 1.54) is 4.31 Å². The Hall–Kier alpha value is -0.220. The van der Waals surface area contributed by atoms with Crippen LogP contribution in [0.4, 0.5) is 0 Å². The van der Waals surface area contributed by atoms with Crippen LogP contribution in [0.2, 0.25) is 0 Å². The van der Waals surface area contributed by atoms with Crippen molar-refractivity contribution in [2.45, 2.75) is 45.4 Å². The molecule has 0 aliphatic carbocycles. The van der Waals surface area contributed by atoms with Gasteiger partial charge in [-0.15, -0.1) is 0 Å². The molecule has 22 heavy (non-hydrogen) atoms. The Morgan fingerprint density at radius 2 is 1.50 bits per heavy atom. The predicted octanol–water partition coefficient (Wildman–Crippen LogP) is 0.0601. The van der Waals surface area contributed by atoms with Gasteiger partial charge >= 0.3 is 0 Å². The first-order chi connectivity index (χ1) is 10.0. The molecule has 0 spiro atoms. The van der Waals surface area contributed by atoms with Gasteiger partial charge in [0.1, 0.15) is 0 Å². The van der Waals surface area contributed by atoms with Crippen LogP contribution in [0.15, 0.2) is 0 Å². The van der Waals surface area contributed by atoms with Gasteiger partial charge in [0, 0.05) is 32.2 Å². The van der Waals surface area contributed by atoms with E-state index in [2.05, 4.69) is 9.62 Å². The third-order valence-corrected chi connectivity index (χ3v) is 7.79. The lowest BCUT2D eigenvalue weighted by molar-refractivity contribution is 0.187. The maximum atomic E-state index is 12.0. The number of piperazine rings is 1. The van der Waals surface area contributed by atoms with E-state index in [0.29, 0.717) is 39.1 Å². The van der Waals surface area contributed by atoms with Crippen LogP contribution in [-0.4, -0.2) is 75.8 Å². The molecule has 0 amide bonds. The smallest absolute Gasteiger partial charge is 0.279 e. The Labute approximate surface area is 135 Å². The Balaban J connectivity index is 2.37. The highest BCUT2D eigenvalue weighted by atomic mass is 32.2. The predicted molar refractivity (Wildman–Crippen MR) is 88.7 cm³/mol. The normalized spacial score (nSPS) is 19.2. The maximum absolute atomic E-state index is 12.0. The van der Waals surface area contributed by atoms with Crippen molar-refractivity contribution in [3.05, 3.63) is 0 Å². The summed E-state index contributed by atoms with van der Waals surface area (Å²) >= 11 is 0.